The molecule has 110 valence electrons. The standard InChI is InChI=1S/C16H17NO3S/c18-16(14-9-5-2-6-10-14)17-15(12-21(19)20)11-13-7-3-1-4-8-13/h1-10,15H,11-12H2,(H,17,18)(H,19,20). The molecule has 0 heterocycles. The van der Waals surface area contributed by atoms with Gasteiger partial charge in [0.15, 0.2) is 11.1 Å². The summed E-state index contributed by atoms with van der Waals surface area (Å²) in [5.74, 6) is -0.227. The maximum absolute atomic E-state index is 12.1. The monoisotopic (exact) mass is 303 g/mol. The molecule has 0 aromatic heterocycles. The summed E-state index contributed by atoms with van der Waals surface area (Å²) >= 11 is -1.96. The quantitative estimate of drug-likeness (QED) is 0.804. The molecule has 0 bridgehead atoms. The summed E-state index contributed by atoms with van der Waals surface area (Å²) < 4.78 is 20.2. The molecule has 1 amide bonds. The van der Waals surface area contributed by atoms with Crippen molar-refractivity contribution in [3.63, 3.8) is 0 Å². The number of nitrogens with one attached hydrogen (secondary N) is 1. The molecule has 0 aliphatic rings. The molecule has 21 heavy (non-hydrogen) atoms. The minimum atomic E-state index is -1.96. The van der Waals surface area contributed by atoms with Crippen molar-refractivity contribution in [2.24, 2.45) is 0 Å². The van der Waals surface area contributed by atoms with Crippen LogP contribution in [0.5, 0.6) is 0 Å². The van der Waals surface area contributed by atoms with E-state index in [1.807, 2.05) is 36.4 Å². The van der Waals surface area contributed by atoms with Crippen molar-refractivity contribution in [2.75, 3.05) is 5.75 Å². The largest absolute Gasteiger partial charge is 0.348 e. The van der Waals surface area contributed by atoms with Crippen LogP contribution in [0.15, 0.2) is 60.7 Å². The minimum Gasteiger partial charge on any atom is -0.348 e. The van der Waals surface area contributed by atoms with Gasteiger partial charge in [-0.2, -0.15) is 0 Å². The average Bonchev–Trinajstić information content (AvgIpc) is 2.48. The lowest BCUT2D eigenvalue weighted by atomic mass is 10.1. The Bertz CT molecular complexity index is 601. The molecule has 2 aromatic carbocycles. The summed E-state index contributed by atoms with van der Waals surface area (Å²) in [7, 11) is 0. The molecule has 0 aliphatic heterocycles. The Kier molecular flexibility index (Phi) is 5.66. The molecule has 2 aromatic rings. The van der Waals surface area contributed by atoms with Gasteiger partial charge in [-0.05, 0) is 24.1 Å². The third-order valence-electron chi connectivity index (χ3n) is 3.04. The highest BCUT2D eigenvalue weighted by Crippen LogP contribution is 2.06. The van der Waals surface area contributed by atoms with E-state index in [0.717, 1.165) is 5.56 Å². The molecular formula is C16H17NO3S. The third-order valence-corrected chi connectivity index (χ3v) is 3.73. The highest BCUT2D eigenvalue weighted by atomic mass is 32.2. The zero-order chi connectivity index (χ0) is 15.1. The lowest BCUT2D eigenvalue weighted by molar-refractivity contribution is 0.0940. The first-order chi connectivity index (χ1) is 10.1. The number of hydrogen-bond donors (Lipinski definition) is 2. The molecule has 0 saturated carbocycles. The summed E-state index contributed by atoms with van der Waals surface area (Å²) in [4.78, 5) is 12.1. The first-order valence-corrected chi connectivity index (χ1v) is 7.90. The number of benzene rings is 2. The van der Waals surface area contributed by atoms with Crippen molar-refractivity contribution in [2.45, 2.75) is 12.5 Å². The van der Waals surface area contributed by atoms with Crippen LogP contribution >= 0.6 is 0 Å². The van der Waals surface area contributed by atoms with E-state index in [1.165, 1.54) is 0 Å². The first kappa shape index (κ1) is 15.4. The van der Waals surface area contributed by atoms with Gasteiger partial charge in [-0.3, -0.25) is 4.79 Å². The Morgan fingerprint density at radius 2 is 1.62 bits per heavy atom. The van der Waals surface area contributed by atoms with Gasteiger partial charge in [-0.1, -0.05) is 48.5 Å². The van der Waals surface area contributed by atoms with Gasteiger partial charge in [-0.25, -0.2) is 4.21 Å². The van der Waals surface area contributed by atoms with Gasteiger partial charge in [0.05, 0.1) is 5.75 Å². The molecule has 2 N–H and O–H groups in total. The van der Waals surface area contributed by atoms with Crippen LogP contribution in [0.2, 0.25) is 0 Å². The fraction of sp³-hybridized carbons (Fsp3) is 0.188. The summed E-state index contributed by atoms with van der Waals surface area (Å²) in [6, 6.07) is 18.0. The van der Waals surface area contributed by atoms with Gasteiger partial charge in [0, 0.05) is 11.6 Å². The van der Waals surface area contributed by atoms with Crippen molar-refractivity contribution in [3.05, 3.63) is 71.8 Å². The van der Waals surface area contributed by atoms with E-state index in [0.29, 0.717) is 12.0 Å². The highest BCUT2D eigenvalue weighted by molar-refractivity contribution is 7.79. The lowest BCUT2D eigenvalue weighted by Crippen LogP contribution is -2.40. The topological polar surface area (TPSA) is 66.4 Å². The Balaban J connectivity index is 2.06. The minimum absolute atomic E-state index is 0.00741. The summed E-state index contributed by atoms with van der Waals surface area (Å²) in [5.41, 5.74) is 1.56. The molecule has 0 spiro atoms. The second-order valence-corrected chi connectivity index (χ2v) is 5.69. The third kappa shape index (κ3) is 5.13. The van der Waals surface area contributed by atoms with Crippen LogP contribution < -0.4 is 5.32 Å². The molecule has 0 aliphatic carbocycles. The van der Waals surface area contributed by atoms with Crippen molar-refractivity contribution in [1.82, 2.24) is 5.32 Å². The fourth-order valence-electron chi connectivity index (χ4n) is 2.08. The molecule has 2 rings (SSSR count). The van der Waals surface area contributed by atoms with E-state index in [4.69, 9.17) is 4.55 Å². The van der Waals surface area contributed by atoms with Gasteiger partial charge < -0.3 is 9.87 Å². The zero-order valence-electron chi connectivity index (χ0n) is 11.4. The van der Waals surface area contributed by atoms with Crippen molar-refractivity contribution >= 4 is 17.0 Å². The Labute approximate surface area is 126 Å². The van der Waals surface area contributed by atoms with Crippen LogP contribution in [-0.2, 0) is 17.5 Å². The second-order valence-electron chi connectivity index (χ2n) is 4.71. The van der Waals surface area contributed by atoms with Crippen LogP contribution in [0.25, 0.3) is 0 Å². The molecule has 2 unspecified atom stereocenters. The van der Waals surface area contributed by atoms with Crippen molar-refractivity contribution in [3.8, 4) is 0 Å². The number of hydrogen-bond acceptors (Lipinski definition) is 2. The van der Waals surface area contributed by atoms with E-state index in [2.05, 4.69) is 5.32 Å². The lowest BCUT2D eigenvalue weighted by Gasteiger charge is -2.17. The molecule has 0 fully saturated rings. The number of rotatable bonds is 6. The van der Waals surface area contributed by atoms with Gasteiger partial charge in [0.1, 0.15) is 0 Å². The smallest absolute Gasteiger partial charge is 0.251 e. The average molecular weight is 303 g/mol. The van der Waals surface area contributed by atoms with E-state index in [1.54, 1.807) is 24.3 Å². The van der Waals surface area contributed by atoms with E-state index < -0.39 is 11.1 Å². The number of carbonyl (C=O) groups excluding carboxylic acids is 1. The molecule has 4 nitrogen and oxygen atoms in total. The highest BCUT2D eigenvalue weighted by Gasteiger charge is 2.16. The predicted octanol–water partition coefficient (Wildman–Crippen LogP) is 2.25. The van der Waals surface area contributed by atoms with Crippen molar-refractivity contribution < 1.29 is 13.6 Å². The van der Waals surface area contributed by atoms with Gasteiger partial charge in [0.2, 0.25) is 0 Å². The van der Waals surface area contributed by atoms with Crippen LogP contribution in [-0.4, -0.2) is 26.5 Å². The Morgan fingerprint density at radius 1 is 1.05 bits per heavy atom. The molecule has 0 saturated heterocycles. The van der Waals surface area contributed by atoms with Crippen LogP contribution in [0, 0.1) is 0 Å². The van der Waals surface area contributed by atoms with Gasteiger partial charge >= 0.3 is 0 Å². The molecule has 0 radical (unpaired) electrons. The van der Waals surface area contributed by atoms with Gasteiger partial charge in [-0.15, -0.1) is 0 Å². The Hall–Kier alpha value is -1.98. The SMILES string of the molecule is O=C(NC(Cc1ccccc1)CS(=O)O)c1ccccc1. The summed E-state index contributed by atoms with van der Waals surface area (Å²) in [6.45, 7) is 0. The maximum Gasteiger partial charge on any atom is 0.251 e. The van der Waals surface area contributed by atoms with Crippen LogP contribution in [0.1, 0.15) is 15.9 Å². The summed E-state index contributed by atoms with van der Waals surface area (Å²) in [5, 5.41) is 2.82. The van der Waals surface area contributed by atoms with Crippen molar-refractivity contribution in [1.29, 1.82) is 0 Å². The van der Waals surface area contributed by atoms with E-state index >= 15 is 0 Å². The molecular weight excluding hydrogens is 286 g/mol. The fourth-order valence-corrected chi connectivity index (χ4v) is 2.63. The molecule has 2 atom stereocenters. The maximum atomic E-state index is 12.1. The predicted molar refractivity (Wildman–Crippen MR) is 83.5 cm³/mol. The zero-order valence-corrected chi connectivity index (χ0v) is 12.3. The van der Waals surface area contributed by atoms with Crippen LogP contribution in [0.4, 0.5) is 0 Å². The number of amides is 1. The summed E-state index contributed by atoms with van der Waals surface area (Å²) in [6.07, 6.45) is 0.520. The normalized spacial score (nSPS) is 13.4. The van der Waals surface area contributed by atoms with Gasteiger partial charge in [0.25, 0.3) is 5.91 Å². The second kappa shape index (κ2) is 7.71. The first-order valence-electron chi connectivity index (χ1n) is 6.62. The Morgan fingerprint density at radius 3 is 2.19 bits per heavy atom. The number of carbonyl (C=O) groups is 1. The van der Waals surface area contributed by atoms with E-state index in [9.17, 15) is 9.00 Å². The van der Waals surface area contributed by atoms with E-state index in [-0.39, 0.29) is 17.7 Å². The molecule has 5 heteroatoms. The van der Waals surface area contributed by atoms with Crippen LogP contribution in [0.3, 0.4) is 0 Å².